The van der Waals surface area contributed by atoms with E-state index < -0.39 is 12.3 Å². The van der Waals surface area contributed by atoms with Gasteiger partial charge in [0.2, 0.25) is 0 Å². The molecule has 4 heteroatoms. The fraction of sp³-hybridized carbons (Fsp3) is 0.952. The highest BCUT2D eigenvalue weighted by Gasteiger charge is 2.58. The van der Waals surface area contributed by atoms with Crippen molar-refractivity contribution in [3.63, 3.8) is 0 Å². The third-order valence-electron chi connectivity index (χ3n) is 8.87. The van der Waals surface area contributed by atoms with Gasteiger partial charge in [0.05, 0.1) is 10.9 Å². The molecule has 4 rings (SSSR count). The Bertz CT molecular complexity index is 540. The number of rotatable bonds is 3. The molecular weight excluding hydrogens is 383 g/mol. The molecule has 25 heavy (non-hydrogen) atoms. The van der Waals surface area contributed by atoms with Gasteiger partial charge in [-0.3, -0.25) is 4.79 Å². The van der Waals surface area contributed by atoms with E-state index in [2.05, 4.69) is 22.9 Å². The molecule has 4 aliphatic rings. The van der Waals surface area contributed by atoms with E-state index in [-0.39, 0.29) is 11.3 Å². The summed E-state index contributed by atoms with van der Waals surface area (Å²) in [5.74, 6) is 4.05. The highest BCUT2D eigenvalue weighted by atomic mass is 79.9. The van der Waals surface area contributed by atoms with Crippen LogP contribution >= 0.6 is 15.9 Å². The van der Waals surface area contributed by atoms with Crippen LogP contribution in [0.15, 0.2) is 0 Å². The van der Waals surface area contributed by atoms with E-state index in [1.54, 1.807) is 0 Å². The Balaban J connectivity index is 1.52. The Morgan fingerprint density at radius 2 is 1.84 bits per heavy atom. The summed E-state index contributed by atoms with van der Waals surface area (Å²) >= 11 is 3.39. The molecule has 2 nitrogen and oxygen atoms in total. The van der Waals surface area contributed by atoms with Crippen LogP contribution in [0.4, 0.5) is 4.39 Å². The van der Waals surface area contributed by atoms with Gasteiger partial charge in [-0.1, -0.05) is 22.9 Å². The fourth-order valence-electron chi connectivity index (χ4n) is 7.71. The van der Waals surface area contributed by atoms with Crippen LogP contribution in [0.1, 0.15) is 64.7 Å². The van der Waals surface area contributed by atoms with E-state index in [0.29, 0.717) is 41.7 Å². The van der Waals surface area contributed by atoms with Gasteiger partial charge in [-0.2, -0.15) is 0 Å². The number of aliphatic hydroxyl groups is 1. The molecule has 0 aromatic carbocycles. The van der Waals surface area contributed by atoms with Crippen molar-refractivity contribution in [2.24, 2.45) is 40.9 Å². The number of Topliss-reactive ketones (excluding diaryl/α,β-unsaturated/α-hetero) is 1. The van der Waals surface area contributed by atoms with E-state index in [1.165, 1.54) is 25.7 Å². The largest absolute Gasteiger partial charge is 0.387 e. The summed E-state index contributed by atoms with van der Waals surface area (Å²) in [4.78, 5) is 12.5. The van der Waals surface area contributed by atoms with Crippen molar-refractivity contribution in [3.8, 4) is 0 Å². The molecule has 0 aliphatic heterocycles. The van der Waals surface area contributed by atoms with Crippen LogP contribution in [-0.2, 0) is 4.79 Å². The van der Waals surface area contributed by atoms with Gasteiger partial charge in [-0.25, -0.2) is 4.39 Å². The number of hydrogen-bond acceptors (Lipinski definition) is 2. The predicted octanol–water partition coefficient (Wildman–Crippen LogP) is 4.92. The van der Waals surface area contributed by atoms with Gasteiger partial charge in [0.1, 0.15) is 12.5 Å². The second kappa shape index (κ2) is 6.58. The first kappa shape index (κ1) is 18.4. The van der Waals surface area contributed by atoms with E-state index in [9.17, 15) is 14.3 Å². The van der Waals surface area contributed by atoms with Crippen molar-refractivity contribution < 1.29 is 14.3 Å². The van der Waals surface area contributed by atoms with E-state index >= 15 is 0 Å². The first-order valence-corrected chi connectivity index (χ1v) is 11.4. The summed E-state index contributed by atoms with van der Waals surface area (Å²) in [6.45, 7) is 1.81. The van der Waals surface area contributed by atoms with Crippen molar-refractivity contribution in [2.45, 2.75) is 70.3 Å². The molecular formula is C21H32BrFO2. The highest BCUT2D eigenvalue weighted by Crippen LogP contribution is 2.64. The Kier molecular flexibility index (Phi) is 4.84. The van der Waals surface area contributed by atoms with Crippen molar-refractivity contribution in [1.29, 1.82) is 0 Å². The molecule has 0 aromatic rings. The molecule has 0 saturated heterocycles. The van der Waals surface area contributed by atoms with Gasteiger partial charge in [0, 0.05) is 5.92 Å². The van der Waals surface area contributed by atoms with Crippen LogP contribution in [0.3, 0.4) is 0 Å². The first-order valence-electron chi connectivity index (χ1n) is 10.3. The lowest BCUT2D eigenvalue weighted by Crippen LogP contribution is -2.52. The summed E-state index contributed by atoms with van der Waals surface area (Å²) < 4.78 is 13.2. The molecule has 1 N–H and O–H groups in total. The number of ketones is 1. The minimum Gasteiger partial charge on any atom is -0.387 e. The average Bonchev–Trinajstić information content (AvgIpc) is 2.98. The SMILES string of the molecule is CC12CCC3C4CCC(O)(CF)CC4CCC3C1CCC2C(=O)CBr. The zero-order valence-electron chi connectivity index (χ0n) is 15.4. The number of carbonyl (C=O) groups is 1. The number of halogens is 2. The summed E-state index contributed by atoms with van der Waals surface area (Å²) in [7, 11) is 0. The highest BCUT2D eigenvalue weighted by molar-refractivity contribution is 9.09. The third-order valence-corrected chi connectivity index (χ3v) is 9.43. The molecule has 8 unspecified atom stereocenters. The third kappa shape index (κ3) is 2.85. The van der Waals surface area contributed by atoms with Gasteiger partial charge >= 0.3 is 0 Å². The van der Waals surface area contributed by atoms with Crippen LogP contribution in [0.25, 0.3) is 0 Å². The molecule has 8 atom stereocenters. The van der Waals surface area contributed by atoms with Crippen LogP contribution < -0.4 is 0 Å². The predicted molar refractivity (Wildman–Crippen MR) is 100 cm³/mol. The summed E-state index contributed by atoms with van der Waals surface area (Å²) in [6.07, 6.45) is 9.39. The maximum absolute atomic E-state index is 13.2. The number of alkyl halides is 2. The quantitative estimate of drug-likeness (QED) is 0.665. The second-order valence-corrected chi connectivity index (χ2v) is 10.4. The minimum absolute atomic E-state index is 0.202. The monoisotopic (exact) mass is 414 g/mol. The maximum Gasteiger partial charge on any atom is 0.147 e. The molecule has 142 valence electrons. The first-order chi connectivity index (χ1) is 11.9. The van der Waals surface area contributed by atoms with Gasteiger partial charge in [-0.15, -0.1) is 0 Å². The summed E-state index contributed by atoms with van der Waals surface area (Å²) in [5, 5.41) is 10.9. The second-order valence-electron chi connectivity index (χ2n) is 9.81. The molecule has 0 aromatic heterocycles. The van der Waals surface area contributed by atoms with Crippen LogP contribution in [0.2, 0.25) is 0 Å². The normalized spacial score (nSPS) is 52.2. The average molecular weight is 415 g/mol. The molecule has 4 aliphatic carbocycles. The molecule has 0 amide bonds. The lowest BCUT2D eigenvalue weighted by molar-refractivity contribution is -0.131. The van der Waals surface area contributed by atoms with Crippen molar-refractivity contribution in [3.05, 3.63) is 0 Å². The van der Waals surface area contributed by atoms with Crippen molar-refractivity contribution in [1.82, 2.24) is 0 Å². The smallest absolute Gasteiger partial charge is 0.147 e. The summed E-state index contributed by atoms with van der Waals surface area (Å²) in [5.41, 5.74) is -0.842. The Labute approximate surface area is 159 Å². The Morgan fingerprint density at radius 3 is 2.56 bits per heavy atom. The zero-order chi connectivity index (χ0) is 17.8. The topological polar surface area (TPSA) is 37.3 Å². The molecule has 4 saturated carbocycles. The van der Waals surface area contributed by atoms with Crippen LogP contribution in [0, 0.1) is 40.9 Å². The molecule has 0 bridgehead atoms. The zero-order valence-corrected chi connectivity index (χ0v) is 16.9. The van der Waals surface area contributed by atoms with Gasteiger partial charge in [0.15, 0.2) is 0 Å². The number of hydrogen-bond donors (Lipinski definition) is 1. The van der Waals surface area contributed by atoms with E-state index in [4.69, 9.17) is 0 Å². The van der Waals surface area contributed by atoms with Crippen molar-refractivity contribution in [2.75, 3.05) is 12.0 Å². The Morgan fingerprint density at radius 1 is 1.08 bits per heavy atom. The lowest BCUT2D eigenvalue weighted by atomic mass is 9.49. The van der Waals surface area contributed by atoms with Gasteiger partial charge < -0.3 is 5.11 Å². The minimum atomic E-state index is -1.04. The van der Waals surface area contributed by atoms with Gasteiger partial charge in [-0.05, 0) is 92.8 Å². The molecule has 0 spiro atoms. The van der Waals surface area contributed by atoms with Crippen LogP contribution in [0.5, 0.6) is 0 Å². The van der Waals surface area contributed by atoms with Crippen molar-refractivity contribution >= 4 is 21.7 Å². The van der Waals surface area contributed by atoms with Crippen LogP contribution in [-0.4, -0.2) is 28.5 Å². The summed E-state index contributed by atoms with van der Waals surface area (Å²) in [6, 6.07) is 0. The van der Waals surface area contributed by atoms with E-state index in [1.807, 2.05) is 0 Å². The number of carbonyl (C=O) groups excluding carboxylic acids is 1. The maximum atomic E-state index is 13.2. The number of fused-ring (bicyclic) bond motifs is 5. The molecule has 0 radical (unpaired) electrons. The Hall–Kier alpha value is 0.0400. The standard InChI is InChI=1S/C21H32BrFO2/c1-20-8-6-15-14-7-9-21(25,12-23)10-13(14)2-3-16(15)17(20)4-5-18(20)19(24)11-22/h13-18,25H,2-12H2,1H3. The lowest BCUT2D eigenvalue weighted by Gasteiger charge is -2.56. The van der Waals surface area contributed by atoms with Gasteiger partial charge in [0.25, 0.3) is 0 Å². The molecule has 0 heterocycles. The fourth-order valence-corrected chi connectivity index (χ4v) is 8.10. The van der Waals surface area contributed by atoms with E-state index in [0.717, 1.165) is 31.1 Å². The molecule has 4 fully saturated rings.